The van der Waals surface area contributed by atoms with E-state index >= 15 is 0 Å². The van der Waals surface area contributed by atoms with Gasteiger partial charge in [0.1, 0.15) is 5.58 Å². The molecule has 0 saturated carbocycles. The van der Waals surface area contributed by atoms with E-state index in [1.165, 1.54) is 0 Å². The van der Waals surface area contributed by atoms with Gasteiger partial charge in [-0.3, -0.25) is 9.39 Å². The number of rotatable bonds is 3. The Kier molecular flexibility index (Phi) is 4.79. The molecule has 6 nitrogen and oxygen atoms in total. The maximum absolute atomic E-state index is 6.49. The summed E-state index contributed by atoms with van der Waals surface area (Å²) >= 11 is 0. The number of imidazole rings is 1. The third kappa shape index (κ3) is 3.30. The van der Waals surface area contributed by atoms with Gasteiger partial charge in [-0.15, -0.1) is 0 Å². The average Bonchev–Trinajstić information content (AvgIpc) is 3.33. The molecule has 0 N–H and O–H groups in total. The lowest BCUT2D eigenvalue weighted by molar-refractivity contribution is 0.639. The summed E-state index contributed by atoms with van der Waals surface area (Å²) in [6, 6.07) is 35.1. The van der Waals surface area contributed by atoms with Crippen molar-refractivity contribution in [2.45, 2.75) is 6.92 Å². The normalized spacial score (nSPS) is 12.2. The lowest BCUT2D eigenvalue weighted by Crippen LogP contribution is -2.18. The molecule has 0 unspecified atom stereocenters. The van der Waals surface area contributed by atoms with Crippen LogP contribution in [-0.2, 0) is 0 Å². The summed E-state index contributed by atoms with van der Waals surface area (Å²) in [5, 5.41) is 1.92. The first-order chi connectivity index (χ1) is 18.2. The van der Waals surface area contributed by atoms with Crippen molar-refractivity contribution in [3.8, 4) is 0 Å². The fourth-order valence-corrected chi connectivity index (χ4v) is 5.12. The van der Waals surface area contributed by atoms with E-state index in [4.69, 9.17) is 14.4 Å². The first-order valence-corrected chi connectivity index (χ1v) is 12.2. The first-order valence-electron chi connectivity index (χ1n) is 12.2. The minimum absolute atomic E-state index is 0.525. The number of hydrogen-bond acceptors (Lipinski definition) is 5. The number of benzene rings is 4. The number of hydrogen-bond donors (Lipinski definition) is 0. The molecule has 7 rings (SSSR count). The van der Waals surface area contributed by atoms with Crippen LogP contribution in [0.3, 0.4) is 0 Å². The smallest absolute Gasteiger partial charge is 0.234 e. The predicted molar refractivity (Wildman–Crippen MR) is 149 cm³/mol. The van der Waals surface area contributed by atoms with Crippen LogP contribution in [0.1, 0.15) is 5.56 Å². The van der Waals surface area contributed by atoms with Gasteiger partial charge in [0.05, 0.1) is 16.4 Å². The molecule has 0 aliphatic rings. The van der Waals surface area contributed by atoms with E-state index in [0.29, 0.717) is 11.3 Å². The second-order valence-electron chi connectivity index (χ2n) is 8.99. The molecule has 0 spiro atoms. The van der Waals surface area contributed by atoms with Gasteiger partial charge in [0.25, 0.3) is 0 Å². The highest BCUT2D eigenvalue weighted by molar-refractivity contribution is 6.03. The Balaban J connectivity index is 1.52. The van der Waals surface area contributed by atoms with Crippen LogP contribution in [0.15, 0.2) is 113 Å². The molecule has 0 aliphatic heterocycles. The van der Waals surface area contributed by atoms with Gasteiger partial charge in [-0.1, -0.05) is 48.5 Å². The summed E-state index contributed by atoms with van der Waals surface area (Å²) in [5.74, 6) is 0. The molecule has 3 heterocycles. The average molecular weight is 482 g/mol. The van der Waals surface area contributed by atoms with Gasteiger partial charge >= 0.3 is 0 Å². The van der Waals surface area contributed by atoms with Gasteiger partial charge in [-0.25, -0.2) is 4.98 Å². The Bertz CT molecular complexity index is 1970. The zero-order valence-electron chi connectivity index (χ0n) is 20.5. The molecular formula is C31H23N5O. The molecule has 3 aromatic heterocycles. The monoisotopic (exact) mass is 481 g/mol. The van der Waals surface area contributed by atoms with Gasteiger partial charge in [0.2, 0.25) is 11.3 Å². The van der Waals surface area contributed by atoms with E-state index in [1.807, 2.05) is 65.1 Å². The highest BCUT2D eigenvalue weighted by Gasteiger charge is 2.19. The summed E-state index contributed by atoms with van der Waals surface area (Å²) in [5.41, 5.74) is 8.74. The van der Waals surface area contributed by atoms with Crippen LogP contribution >= 0.6 is 0 Å². The third-order valence-corrected chi connectivity index (χ3v) is 6.84. The van der Waals surface area contributed by atoms with E-state index < -0.39 is 0 Å². The Labute approximate surface area is 212 Å². The van der Waals surface area contributed by atoms with Crippen LogP contribution < -0.4 is 10.5 Å². The molecule has 0 fully saturated rings. The third-order valence-electron chi connectivity index (χ3n) is 6.84. The zero-order valence-corrected chi connectivity index (χ0v) is 20.5. The fraction of sp³-hybridized carbons (Fsp3) is 0.0645. The van der Waals surface area contributed by atoms with Crippen LogP contribution in [-0.4, -0.2) is 21.4 Å². The second kappa shape index (κ2) is 8.31. The van der Waals surface area contributed by atoms with Crippen LogP contribution in [0, 0.1) is 6.92 Å². The molecule has 178 valence electrons. The van der Waals surface area contributed by atoms with Gasteiger partial charge < -0.3 is 9.32 Å². The van der Waals surface area contributed by atoms with E-state index in [2.05, 4.69) is 59.3 Å². The van der Waals surface area contributed by atoms with Crippen molar-refractivity contribution in [3.05, 3.63) is 114 Å². The van der Waals surface area contributed by atoms with Gasteiger partial charge in [0.15, 0.2) is 5.65 Å². The topological polar surface area (TPSA) is 58.9 Å². The van der Waals surface area contributed by atoms with Crippen molar-refractivity contribution in [1.82, 2.24) is 14.4 Å². The number of fused-ring (bicyclic) bond motifs is 6. The van der Waals surface area contributed by atoms with E-state index in [0.717, 1.165) is 55.7 Å². The van der Waals surface area contributed by atoms with Crippen molar-refractivity contribution in [2.75, 3.05) is 11.9 Å². The molecule has 37 heavy (non-hydrogen) atoms. The molecule has 0 amide bonds. The van der Waals surface area contributed by atoms with Crippen LogP contribution in [0.25, 0.3) is 38.7 Å². The lowest BCUT2D eigenvalue weighted by Gasteiger charge is -2.25. The van der Waals surface area contributed by atoms with Crippen molar-refractivity contribution in [2.24, 2.45) is 4.99 Å². The maximum Gasteiger partial charge on any atom is 0.234 e. The number of para-hydroxylation sites is 4. The number of anilines is 3. The SMILES string of the molecule is CN=c1nc2oc3cc(N(c4ccccc4)c4ccccc4)ccc3c(C)c2c2nc3ccccc3n12. The Hall–Kier alpha value is -4.97. The summed E-state index contributed by atoms with van der Waals surface area (Å²) in [4.78, 5) is 16.4. The Morgan fingerprint density at radius 1 is 0.757 bits per heavy atom. The summed E-state index contributed by atoms with van der Waals surface area (Å²) < 4.78 is 8.49. The van der Waals surface area contributed by atoms with Gasteiger partial charge in [-0.2, -0.15) is 4.98 Å². The number of nitrogens with zero attached hydrogens (tertiary/aromatic N) is 5. The minimum atomic E-state index is 0.525. The first kappa shape index (κ1) is 21.3. The molecule has 0 atom stereocenters. The van der Waals surface area contributed by atoms with Crippen molar-refractivity contribution < 1.29 is 4.42 Å². The second-order valence-corrected chi connectivity index (χ2v) is 8.99. The lowest BCUT2D eigenvalue weighted by atomic mass is 10.1. The van der Waals surface area contributed by atoms with Gasteiger partial charge in [0, 0.05) is 35.6 Å². The van der Waals surface area contributed by atoms with Crippen LogP contribution in [0.5, 0.6) is 0 Å². The predicted octanol–water partition coefficient (Wildman–Crippen LogP) is 7.09. The van der Waals surface area contributed by atoms with Gasteiger partial charge in [-0.05, 0) is 61.0 Å². The molecule has 0 saturated heterocycles. The molecule has 6 heteroatoms. The summed E-state index contributed by atoms with van der Waals surface area (Å²) in [6.45, 7) is 2.11. The van der Waals surface area contributed by atoms with E-state index in [1.54, 1.807) is 7.05 Å². The quantitative estimate of drug-likeness (QED) is 0.253. The van der Waals surface area contributed by atoms with Crippen LogP contribution in [0.4, 0.5) is 17.1 Å². The van der Waals surface area contributed by atoms with E-state index in [-0.39, 0.29) is 0 Å². The minimum Gasteiger partial charge on any atom is -0.437 e. The molecule has 0 bridgehead atoms. The zero-order chi connectivity index (χ0) is 24.9. The molecule has 7 aromatic rings. The summed E-state index contributed by atoms with van der Waals surface area (Å²) in [7, 11) is 1.74. The molecular weight excluding hydrogens is 458 g/mol. The fourth-order valence-electron chi connectivity index (χ4n) is 5.12. The van der Waals surface area contributed by atoms with Crippen molar-refractivity contribution in [1.29, 1.82) is 0 Å². The van der Waals surface area contributed by atoms with E-state index in [9.17, 15) is 0 Å². The maximum atomic E-state index is 6.49. The highest BCUT2D eigenvalue weighted by atomic mass is 16.3. The van der Waals surface area contributed by atoms with Crippen LogP contribution in [0.2, 0.25) is 0 Å². The number of aryl methyl sites for hydroxylation is 1. The highest BCUT2D eigenvalue weighted by Crippen LogP contribution is 2.38. The molecule has 4 aromatic carbocycles. The van der Waals surface area contributed by atoms with Crippen molar-refractivity contribution >= 4 is 55.8 Å². The standard InChI is InChI=1S/C31H23N5O/c1-20-24-18-17-23(35(21-11-5-3-6-12-21)22-13-7-4-8-14-22)19-27(24)37-30-28(20)29-33-25-15-9-10-16-26(25)36(29)31(32-2)34-30/h3-19H,1-2H3. The summed E-state index contributed by atoms with van der Waals surface area (Å²) in [6.07, 6.45) is 0. The number of aromatic nitrogens is 3. The molecule has 0 radical (unpaired) electrons. The molecule has 0 aliphatic carbocycles. The van der Waals surface area contributed by atoms with Crippen molar-refractivity contribution in [3.63, 3.8) is 0 Å². The Morgan fingerprint density at radius 2 is 1.43 bits per heavy atom. The Morgan fingerprint density at radius 3 is 2.14 bits per heavy atom. The largest absolute Gasteiger partial charge is 0.437 e.